The van der Waals surface area contributed by atoms with Gasteiger partial charge >= 0.3 is 5.97 Å². The van der Waals surface area contributed by atoms with Crippen LogP contribution in [-0.4, -0.2) is 40.8 Å². The van der Waals surface area contributed by atoms with Gasteiger partial charge in [-0.2, -0.15) is 0 Å². The molecule has 1 saturated heterocycles. The average molecular weight is 279 g/mol. The van der Waals surface area contributed by atoms with Gasteiger partial charge in [-0.05, 0) is 18.9 Å². The van der Waals surface area contributed by atoms with Crippen molar-refractivity contribution >= 4 is 11.9 Å². The fraction of sp³-hybridized carbons (Fsp3) is 0.429. The second-order valence-corrected chi connectivity index (χ2v) is 4.77. The van der Waals surface area contributed by atoms with Gasteiger partial charge in [-0.15, -0.1) is 0 Å². The topological polar surface area (TPSA) is 95.9 Å². The van der Waals surface area contributed by atoms with Gasteiger partial charge in [0.05, 0.1) is 12.5 Å². The molecule has 0 spiro atoms. The molecule has 6 nitrogen and oxygen atoms in total. The van der Waals surface area contributed by atoms with Crippen molar-refractivity contribution in [2.75, 3.05) is 6.54 Å². The second-order valence-electron chi connectivity index (χ2n) is 4.77. The summed E-state index contributed by atoms with van der Waals surface area (Å²) in [4.78, 5) is 22.5. The van der Waals surface area contributed by atoms with Gasteiger partial charge in [0.25, 0.3) is 0 Å². The van der Waals surface area contributed by atoms with Crippen LogP contribution in [0.25, 0.3) is 0 Å². The van der Waals surface area contributed by atoms with Gasteiger partial charge in [0.1, 0.15) is 5.75 Å². The van der Waals surface area contributed by atoms with Crippen LogP contribution in [0, 0.1) is 0 Å². The minimum Gasteiger partial charge on any atom is -0.508 e. The Hall–Kier alpha value is -2.08. The fourth-order valence-electron chi connectivity index (χ4n) is 2.16. The molecular formula is C14H17NO5. The molecule has 1 heterocycles. The molecule has 6 heteroatoms. The van der Waals surface area contributed by atoms with Crippen LogP contribution in [0.4, 0.5) is 0 Å². The first kappa shape index (κ1) is 14.3. The van der Waals surface area contributed by atoms with Gasteiger partial charge in [0.15, 0.2) is 6.10 Å². The zero-order valence-corrected chi connectivity index (χ0v) is 10.9. The molecule has 1 aromatic carbocycles. The molecule has 1 aliphatic heterocycles. The third kappa shape index (κ3) is 3.71. The van der Waals surface area contributed by atoms with E-state index in [1.165, 1.54) is 6.07 Å². The molecule has 0 bridgehead atoms. The maximum atomic E-state index is 11.7. The van der Waals surface area contributed by atoms with E-state index in [9.17, 15) is 14.7 Å². The SMILES string of the molecule is O=C(Cc1ccccc1O)NCC1CCC(C(=O)O)O1. The van der Waals surface area contributed by atoms with Gasteiger partial charge in [0.2, 0.25) is 5.91 Å². The smallest absolute Gasteiger partial charge is 0.332 e. The van der Waals surface area contributed by atoms with E-state index in [-0.39, 0.29) is 30.7 Å². The third-order valence-corrected chi connectivity index (χ3v) is 3.25. The third-order valence-electron chi connectivity index (χ3n) is 3.25. The molecule has 2 atom stereocenters. The number of phenols is 1. The van der Waals surface area contributed by atoms with Gasteiger partial charge < -0.3 is 20.3 Å². The van der Waals surface area contributed by atoms with Crippen molar-refractivity contribution in [2.24, 2.45) is 0 Å². The number of hydrogen-bond acceptors (Lipinski definition) is 4. The van der Waals surface area contributed by atoms with Crippen LogP contribution in [0.5, 0.6) is 5.75 Å². The number of amides is 1. The molecule has 1 aromatic rings. The Morgan fingerprint density at radius 1 is 1.30 bits per heavy atom. The highest BCUT2D eigenvalue weighted by Gasteiger charge is 2.30. The predicted octanol–water partition coefficient (Wildman–Crippen LogP) is 0.683. The molecule has 1 aliphatic rings. The summed E-state index contributed by atoms with van der Waals surface area (Å²) in [5.74, 6) is -1.10. The van der Waals surface area contributed by atoms with Crippen molar-refractivity contribution in [3.63, 3.8) is 0 Å². The minimum atomic E-state index is -0.965. The summed E-state index contributed by atoms with van der Waals surface area (Å²) >= 11 is 0. The number of ether oxygens (including phenoxy) is 1. The number of para-hydroxylation sites is 1. The molecule has 1 amide bonds. The lowest BCUT2D eigenvalue weighted by atomic mass is 10.1. The summed E-state index contributed by atoms with van der Waals surface area (Å²) in [6, 6.07) is 6.65. The average Bonchev–Trinajstić information content (AvgIpc) is 2.88. The van der Waals surface area contributed by atoms with Crippen LogP contribution in [0.3, 0.4) is 0 Å². The van der Waals surface area contributed by atoms with E-state index in [1.807, 2.05) is 0 Å². The summed E-state index contributed by atoms with van der Waals surface area (Å²) in [7, 11) is 0. The molecule has 2 rings (SSSR count). The monoisotopic (exact) mass is 279 g/mol. The number of carbonyl (C=O) groups is 2. The number of carboxylic acid groups (broad SMARTS) is 1. The van der Waals surface area contributed by atoms with Crippen LogP contribution < -0.4 is 5.32 Å². The zero-order chi connectivity index (χ0) is 14.5. The number of carbonyl (C=O) groups excluding carboxylic acids is 1. The van der Waals surface area contributed by atoms with Gasteiger partial charge in [-0.3, -0.25) is 4.79 Å². The Balaban J connectivity index is 1.76. The molecule has 20 heavy (non-hydrogen) atoms. The van der Waals surface area contributed by atoms with Crippen LogP contribution in [0.1, 0.15) is 18.4 Å². The van der Waals surface area contributed by atoms with Crippen LogP contribution >= 0.6 is 0 Å². The van der Waals surface area contributed by atoms with E-state index >= 15 is 0 Å². The van der Waals surface area contributed by atoms with Crippen molar-refractivity contribution in [1.29, 1.82) is 0 Å². The molecule has 0 aliphatic carbocycles. The lowest BCUT2D eigenvalue weighted by Crippen LogP contribution is -2.34. The maximum absolute atomic E-state index is 11.7. The van der Waals surface area contributed by atoms with Crippen LogP contribution in [0.15, 0.2) is 24.3 Å². The molecular weight excluding hydrogens is 262 g/mol. The van der Waals surface area contributed by atoms with Crippen molar-refractivity contribution in [1.82, 2.24) is 5.32 Å². The van der Waals surface area contributed by atoms with Crippen LogP contribution in [-0.2, 0) is 20.7 Å². The predicted molar refractivity (Wildman–Crippen MR) is 70.4 cm³/mol. The van der Waals surface area contributed by atoms with E-state index in [4.69, 9.17) is 9.84 Å². The highest BCUT2D eigenvalue weighted by molar-refractivity contribution is 5.79. The Morgan fingerprint density at radius 2 is 2.05 bits per heavy atom. The molecule has 0 aromatic heterocycles. The lowest BCUT2D eigenvalue weighted by Gasteiger charge is -2.12. The summed E-state index contributed by atoms with van der Waals surface area (Å²) in [6.45, 7) is 0.288. The summed E-state index contributed by atoms with van der Waals surface area (Å²) in [5, 5.41) is 21.1. The first-order chi connectivity index (χ1) is 9.56. The lowest BCUT2D eigenvalue weighted by molar-refractivity contribution is -0.149. The number of nitrogens with one attached hydrogen (secondary N) is 1. The van der Waals surface area contributed by atoms with Crippen molar-refractivity contribution < 1.29 is 24.5 Å². The Labute approximate surface area is 116 Å². The zero-order valence-electron chi connectivity index (χ0n) is 10.9. The number of carboxylic acids is 1. The van der Waals surface area contributed by atoms with Gasteiger partial charge in [0, 0.05) is 12.1 Å². The number of aromatic hydroxyl groups is 1. The number of aliphatic carboxylic acids is 1. The normalized spacial score (nSPS) is 21.6. The van der Waals surface area contributed by atoms with Crippen molar-refractivity contribution in [3.05, 3.63) is 29.8 Å². The molecule has 0 radical (unpaired) electrons. The van der Waals surface area contributed by atoms with Gasteiger partial charge in [-0.25, -0.2) is 4.79 Å². The summed E-state index contributed by atoms with van der Waals surface area (Å²) in [6.07, 6.45) is 0.143. The molecule has 0 saturated carbocycles. The Kier molecular flexibility index (Phi) is 4.57. The fourth-order valence-corrected chi connectivity index (χ4v) is 2.16. The number of phenolic OH excluding ortho intramolecular Hbond substituents is 1. The highest BCUT2D eigenvalue weighted by Crippen LogP contribution is 2.19. The highest BCUT2D eigenvalue weighted by atomic mass is 16.5. The van der Waals surface area contributed by atoms with E-state index in [2.05, 4.69) is 5.32 Å². The van der Waals surface area contributed by atoms with Crippen LogP contribution in [0.2, 0.25) is 0 Å². The molecule has 2 unspecified atom stereocenters. The maximum Gasteiger partial charge on any atom is 0.332 e. The van der Waals surface area contributed by atoms with Crippen molar-refractivity contribution in [2.45, 2.75) is 31.5 Å². The van der Waals surface area contributed by atoms with E-state index in [0.717, 1.165) is 0 Å². The number of benzene rings is 1. The summed E-state index contributed by atoms with van der Waals surface area (Å²) < 4.78 is 5.28. The second kappa shape index (κ2) is 6.38. The summed E-state index contributed by atoms with van der Waals surface area (Å²) in [5.41, 5.74) is 0.556. The molecule has 1 fully saturated rings. The van der Waals surface area contributed by atoms with E-state index in [0.29, 0.717) is 18.4 Å². The quantitative estimate of drug-likeness (QED) is 0.736. The van der Waals surface area contributed by atoms with Gasteiger partial charge in [-0.1, -0.05) is 18.2 Å². The van der Waals surface area contributed by atoms with E-state index < -0.39 is 12.1 Å². The first-order valence-electron chi connectivity index (χ1n) is 6.48. The minimum absolute atomic E-state index is 0.0851. The van der Waals surface area contributed by atoms with E-state index in [1.54, 1.807) is 18.2 Å². The molecule has 108 valence electrons. The Bertz CT molecular complexity index is 502. The standard InChI is InChI=1S/C14H17NO5/c16-11-4-2-1-3-9(11)7-13(17)15-8-10-5-6-12(20-10)14(18)19/h1-4,10,12,16H,5-8H2,(H,15,17)(H,18,19). The number of hydrogen-bond donors (Lipinski definition) is 3. The Morgan fingerprint density at radius 3 is 2.70 bits per heavy atom. The first-order valence-corrected chi connectivity index (χ1v) is 6.48. The largest absolute Gasteiger partial charge is 0.508 e. The molecule has 3 N–H and O–H groups in total. The number of rotatable bonds is 5. The van der Waals surface area contributed by atoms with Crippen molar-refractivity contribution in [3.8, 4) is 5.75 Å².